The molecule has 0 radical (unpaired) electrons. The van der Waals surface area contributed by atoms with E-state index in [0.29, 0.717) is 6.42 Å². The molecule has 1 fully saturated rings. The molecule has 5 heteroatoms. The van der Waals surface area contributed by atoms with Crippen LogP contribution in [0.1, 0.15) is 52.8 Å². The summed E-state index contributed by atoms with van der Waals surface area (Å²) in [6.07, 6.45) is 2.32. The SMILES string of the molecule is Cc1cc(C(=O)N2CCCC2CC(C)O)c(C)n1Cc1cccs1. The monoisotopic (exact) mass is 346 g/mol. The van der Waals surface area contributed by atoms with E-state index in [9.17, 15) is 9.90 Å². The fraction of sp³-hybridized carbons (Fsp3) is 0.526. The summed E-state index contributed by atoms with van der Waals surface area (Å²) in [5, 5.41) is 11.8. The molecule has 0 aromatic carbocycles. The van der Waals surface area contributed by atoms with Gasteiger partial charge in [0.15, 0.2) is 0 Å². The highest BCUT2D eigenvalue weighted by atomic mass is 32.1. The summed E-state index contributed by atoms with van der Waals surface area (Å²) in [6.45, 7) is 7.51. The standard InChI is InChI=1S/C19H26N2O2S/c1-13-10-18(15(3)21(13)12-17-7-5-9-24-17)19(23)20-8-4-6-16(20)11-14(2)22/h5,7,9-10,14,16,22H,4,6,8,11-12H2,1-3H3. The number of aromatic nitrogens is 1. The van der Waals surface area contributed by atoms with Gasteiger partial charge in [-0.05, 0) is 57.5 Å². The van der Waals surface area contributed by atoms with Crippen molar-refractivity contribution in [2.24, 2.45) is 0 Å². The number of nitrogens with zero attached hydrogens (tertiary/aromatic N) is 2. The topological polar surface area (TPSA) is 45.5 Å². The van der Waals surface area contributed by atoms with E-state index in [1.54, 1.807) is 18.3 Å². The molecule has 2 aromatic rings. The first-order chi connectivity index (χ1) is 11.5. The third kappa shape index (κ3) is 3.42. The van der Waals surface area contributed by atoms with Gasteiger partial charge >= 0.3 is 0 Å². The normalized spacial score (nSPS) is 19.0. The van der Waals surface area contributed by atoms with Crippen LogP contribution < -0.4 is 0 Å². The van der Waals surface area contributed by atoms with Crippen LogP contribution in [0.3, 0.4) is 0 Å². The lowest BCUT2D eigenvalue weighted by atomic mass is 10.1. The van der Waals surface area contributed by atoms with Crippen LogP contribution in [0.4, 0.5) is 0 Å². The smallest absolute Gasteiger partial charge is 0.255 e. The summed E-state index contributed by atoms with van der Waals surface area (Å²) in [6, 6.07) is 6.37. The summed E-state index contributed by atoms with van der Waals surface area (Å²) in [5.41, 5.74) is 2.96. The van der Waals surface area contributed by atoms with E-state index in [4.69, 9.17) is 0 Å². The van der Waals surface area contributed by atoms with Gasteiger partial charge in [-0.25, -0.2) is 0 Å². The molecule has 1 amide bonds. The van der Waals surface area contributed by atoms with E-state index in [1.165, 1.54) is 4.88 Å². The Hall–Kier alpha value is -1.59. The van der Waals surface area contributed by atoms with Crippen LogP contribution in [-0.4, -0.2) is 39.2 Å². The summed E-state index contributed by atoms with van der Waals surface area (Å²) in [4.78, 5) is 16.3. The van der Waals surface area contributed by atoms with Crippen LogP contribution >= 0.6 is 11.3 Å². The van der Waals surface area contributed by atoms with Gasteiger partial charge in [-0.1, -0.05) is 6.07 Å². The molecule has 3 rings (SSSR count). The van der Waals surface area contributed by atoms with Crippen molar-refractivity contribution in [3.05, 3.63) is 45.4 Å². The lowest BCUT2D eigenvalue weighted by Crippen LogP contribution is -2.37. The molecule has 2 atom stereocenters. The molecule has 130 valence electrons. The van der Waals surface area contributed by atoms with Crippen LogP contribution in [0.15, 0.2) is 23.6 Å². The van der Waals surface area contributed by atoms with E-state index >= 15 is 0 Å². The Labute approximate surface area is 147 Å². The second kappa shape index (κ2) is 7.11. The van der Waals surface area contributed by atoms with Crippen LogP contribution in [0, 0.1) is 13.8 Å². The average Bonchev–Trinajstić information content (AvgIpc) is 3.24. The molecule has 3 heterocycles. The van der Waals surface area contributed by atoms with Crippen LogP contribution in [0.25, 0.3) is 0 Å². The molecule has 24 heavy (non-hydrogen) atoms. The van der Waals surface area contributed by atoms with Crippen molar-refractivity contribution in [2.45, 2.75) is 58.7 Å². The summed E-state index contributed by atoms with van der Waals surface area (Å²) in [7, 11) is 0. The van der Waals surface area contributed by atoms with Crippen molar-refractivity contribution in [1.29, 1.82) is 0 Å². The number of likely N-dealkylation sites (tertiary alicyclic amines) is 1. The number of rotatable bonds is 5. The van der Waals surface area contributed by atoms with E-state index in [1.807, 2.05) is 17.9 Å². The molecule has 0 saturated carbocycles. The molecule has 2 unspecified atom stereocenters. The average molecular weight is 346 g/mol. The first kappa shape index (κ1) is 17.2. The lowest BCUT2D eigenvalue weighted by molar-refractivity contribution is 0.0681. The molecule has 2 aromatic heterocycles. The van der Waals surface area contributed by atoms with Gasteiger partial charge in [0.1, 0.15) is 0 Å². The van der Waals surface area contributed by atoms with Crippen LogP contribution in [0.2, 0.25) is 0 Å². The van der Waals surface area contributed by atoms with E-state index in [2.05, 4.69) is 29.0 Å². The number of amides is 1. The number of aliphatic hydroxyl groups excluding tert-OH is 1. The van der Waals surface area contributed by atoms with Crippen molar-refractivity contribution in [1.82, 2.24) is 9.47 Å². The quantitative estimate of drug-likeness (QED) is 0.899. The zero-order valence-corrected chi connectivity index (χ0v) is 15.5. The summed E-state index contributed by atoms with van der Waals surface area (Å²) < 4.78 is 2.22. The fourth-order valence-electron chi connectivity index (χ4n) is 3.72. The van der Waals surface area contributed by atoms with Crippen molar-refractivity contribution < 1.29 is 9.90 Å². The van der Waals surface area contributed by atoms with Gasteiger partial charge < -0.3 is 14.6 Å². The van der Waals surface area contributed by atoms with Crippen LogP contribution in [0.5, 0.6) is 0 Å². The second-order valence-corrected chi connectivity index (χ2v) is 7.86. The molecular weight excluding hydrogens is 320 g/mol. The van der Waals surface area contributed by atoms with Crippen molar-refractivity contribution >= 4 is 17.2 Å². The fourth-order valence-corrected chi connectivity index (χ4v) is 4.41. The van der Waals surface area contributed by atoms with Crippen LogP contribution in [-0.2, 0) is 6.54 Å². The Morgan fingerprint density at radius 1 is 1.46 bits per heavy atom. The van der Waals surface area contributed by atoms with Gasteiger partial charge in [0.25, 0.3) is 5.91 Å². The Morgan fingerprint density at radius 2 is 2.25 bits per heavy atom. The maximum atomic E-state index is 13.1. The zero-order chi connectivity index (χ0) is 17.3. The molecular formula is C19H26N2O2S. The van der Waals surface area contributed by atoms with Crippen molar-refractivity contribution in [2.75, 3.05) is 6.54 Å². The van der Waals surface area contributed by atoms with E-state index in [0.717, 1.165) is 42.9 Å². The van der Waals surface area contributed by atoms with Gasteiger partial charge in [-0.15, -0.1) is 11.3 Å². The summed E-state index contributed by atoms with van der Waals surface area (Å²) in [5.74, 6) is 0.115. The minimum atomic E-state index is -0.366. The second-order valence-electron chi connectivity index (χ2n) is 6.83. The highest BCUT2D eigenvalue weighted by molar-refractivity contribution is 7.09. The molecule has 0 bridgehead atoms. The zero-order valence-electron chi connectivity index (χ0n) is 14.7. The minimum absolute atomic E-state index is 0.115. The molecule has 1 aliphatic heterocycles. The predicted molar refractivity (Wildman–Crippen MR) is 97.7 cm³/mol. The highest BCUT2D eigenvalue weighted by Crippen LogP contribution is 2.26. The molecule has 0 spiro atoms. The minimum Gasteiger partial charge on any atom is -0.393 e. The van der Waals surface area contributed by atoms with Gasteiger partial charge in [0.05, 0.1) is 18.2 Å². The van der Waals surface area contributed by atoms with Gasteiger partial charge in [-0.3, -0.25) is 4.79 Å². The largest absolute Gasteiger partial charge is 0.393 e. The number of hydrogen-bond donors (Lipinski definition) is 1. The number of carbonyl (C=O) groups excluding carboxylic acids is 1. The molecule has 4 nitrogen and oxygen atoms in total. The Bertz CT molecular complexity index is 703. The maximum absolute atomic E-state index is 13.1. The van der Waals surface area contributed by atoms with Gasteiger partial charge in [-0.2, -0.15) is 0 Å². The highest BCUT2D eigenvalue weighted by Gasteiger charge is 2.31. The molecule has 1 aliphatic rings. The third-order valence-electron chi connectivity index (χ3n) is 4.95. The van der Waals surface area contributed by atoms with Gasteiger partial charge in [0.2, 0.25) is 0 Å². The molecule has 1 saturated heterocycles. The molecule has 0 aliphatic carbocycles. The maximum Gasteiger partial charge on any atom is 0.255 e. The number of aliphatic hydroxyl groups is 1. The first-order valence-corrected chi connectivity index (χ1v) is 9.53. The lowest BCUT2D eigenvalue weighted by Gasteiger charge is -2.25. The van der Waals surface area contributed by atoms with E-state index in [-0.39, 0.29) is 18.1 Å². The number of hydrogen-bond acceptors (Lipinski definition) is 3. The van der Waals surface area contributed by atoms with Crippen molar-refractivity contribution in [3.63, 3.8) is 0 Å². The third-order valence-corrected chi connectivity index (χ3v) is 5.81. The number of carbonyl (C=O) groups is 1. The number of thiophene rings is 1. The molecule has 1 N–H and O–H groups in total. The van der Waals surface area contributed by atoms with Gasteiger partial charge in [0, 0.05) is 28.9 Å². The first-order valence-electron chi connectivity index (χ1n) is 8.65. The van der Waals surface area contributed by atoms with Crippen molar-refractivity contribution in [3.8, 4) is 0 Å². The van der Waals surface area contributed by atoms with E-state index < -0.39 is 0 Å². The Kier molecular flexibility index (Phi) is 5.11. The summed E-state index contributed by atoms with van der Waals surface area (Å²) >= 11 is 1.74. The Morgan fingerprint density at radius 3 is 2.92 bits per heavy atom. The number of aryl methyl sites for hydroxylation is 1. The predicted octanol–water partition coefficient (Wildman–Crippen LogP) is 3.59. The Balaban J connectivity index is 1.82.